The zero-order chi connectivity index (χ0) is 10.6. The van der Waals surface area contributed by atoms with Crippen molar-refractivity contribution in [1.29, 1.82) is 0 Å². The third-order valence-electron chi connectivity index (χ3n) is 2.20. The number of nitrogens with one attached hydrogen (secondary N) is 1. The molecule has 0 radical (unpaired) electrons. The van der Waals surface area contributed by atoms with Crippen LogP contribution in [-0.4, -0.2) is 11.6 Å². The topological polar surface area (TPSA) is 41.5 Å². The molecule has 0 spiro atoms. The highest BCUT2D eigenvalue weighted by molar-refractivity contribution is 6.32. The van der Waals surface area contributed by atoms with E-state index in [-0.39, 0.29) is 5.91 Å². The van der Waals surface area contributed by atoms with Crippen molar-refractivity contribution in [3.8, 4) is 0 Å². The van der Waals surface area contributed by atoms with Gasteiger partial charge in [-0.05, 0) is 38.2 Å². The normalized spacial score (nSPS) is 23.5. The third-order valence-corrected chi connectivity index (χ3v) is 2.43. The summed E-state index contributed by atoms with van der Waals surface area (Å²) >= 11 is 5.95. The molecule has 1 N–H and O–H groups in total. The SMILES string of the molecule is CC(=O)N/N=C1/CCCC/C1=C(\C)Cl. The fourth-order valence-corrected chi connectivity index (χ4v) is 1.73. The van der Waals surface area contributed by atoms with Crippen LogP contribution in [0, 0.1) is 0 Å². The number of carbonyl (C=O) groups is 1. The van der Waals surface area contributed by atoms with E-state index in [2.05, 4.69) is 10.5 Å². The van der Waals surface area contributed by atoms with Crippen LogP contribution < -0.4 is 5.43 Å². The van der Waals surface area contributed by atoms with Crippen LogP contribution in [0.25, 0.3) is 0 Å². The highest BCUT2D eigenvalue weighted by Crippen LogP contribution is 2.25. The van der Waals surface area contributed by atoms with Crippen molar-refractivity contribution < 1.29 is 4.79 Å². The predicted octanol–water partition coefficient (Wildman–Crippen LogP) is 2.57. The van der Waals surface area contributed by atoms with Gasteiger partial charge in [0.25, 0.3) is 0 Å². The Hall–Kier alpha value is -0.830. The average molecular weight is 215 g/mol. The van der Waals surface area contributed by atoms with Gasteiger partial charge in [0.1, 0.15) is 0 Å². The van der Waals surface area contributed by atoms with Crippen LogP contribution in [0.1, 0.15) is 39.5 Å². The summed E-state index contributed by atoms with van der Waals surface area (Å²) in [4.78, 5) is 10.7. The number of carbonyl (C=O) groups excluding carboxylic acids is 1. The van der Waals surface area contributed by atoms with E-state index in [9.17, 15) is 4.79 Å². The molecule has 1 fully saturated rings. The predicted molar refractivity (Wildman–Crippen MR) is 58.3 cm³/mol. The summed E-state index contributed by atoms with van der Waals surface area (Å²) in [5, 5.41) is 4.85. The smallest absolute Gasteiger partial charge is 0.236 e. The first-order valence-corrected chi connectivity index (χ1v) is 5.18. The van der Waals surface area contributed by atoms with Crippen LogP contribution in [0.4, 0.5) is 0 Å². The molecular formula is C10H15ClN2O. The number of amides is 1. The zero-order valence-electron chi connectivity index (χ0n) is 8.56. The minimum absolute atomic E-state index is 0.144. The molecule has 3 nitrogen and oxygen atoms in total. The van der Waals surface area contributed by atoms with Gasteiger partial charge in [-0.3, -0.25) is 4.79 Å². The van der Waals surface area contributed by atoms with Crippen molar-refractivity contribution in [3.63, 3.8) is 0 Å². The van der Waals surface area contributed by atoms with Gasteiger partial charge in [0.05, 0.1) is 5.71 Å². The molecular weight excluding hydrogens is 200 g/mol. The van der Waals surface area contributed by atoms with Crippen LogP contribution >= 0.6 is 11.6 Å². The molecule has 0 aromatic heterocycles. The molecule has 0 atom stereocenters. The molecule has 14 heavy (non-hydrogen) atoms. The van der Waals surface area contributed by atoms with Gasteiger partial charge in [0.15, 0.2) is 0 Å². The number of nitrogens with zero attached hydrogens (tertiary/aromatic N) is 1. The van der Waals surface area contributed by atoms with Gasteiger partial charge in [-0.25, -0.2) is 5.43 Å². The second-order valence-electron chi connectivity index (χ2n) is 3.45. The number of halogens is 1. The summed E-state index contributed by atoms with van der Waals surface area (Å²) in [7, 11) is 0. The zero-order valence-corrected chi connectivity index (χ0v) is 9.32. The van der Waals surface area contributed by atoms with Crippen LogP contribution in [0.3, 0.4) is 0 Å². The Balaban J connectivity index is 2.78. The number of rotatable bonds is 1. The van der Waals surface area contributed by atoms with Crippen molar-refractivity contribution in [3.05, 3.63) is 10.6 Å². The Bertz CT molecular complexity index is 290. The standard InChI is InChI=1S/C10H15ClN2O/c1-7(11)9-5-3-4-6-10(9)13-12-8(2)14/h3-6H2,1-2H3,(H,12,14)/b9-7-,13-10-. The average Bonchev–Trinajstić information content (AvgIpc) is 2.15. The highest BCUT2D eigenvalue weighted by Gasteiger charge is 2.15. The van der Waals surface area contributed by atoms with E-state index in [1.165, 1.54) is 6.92 Å². The summed E-state index contributed by atoms with van der Waals surface area (Å²) in [6.45, 7) is 3.31. The maximum absolute atomic E-state index is 10.7. The maximum Gasteiger partial charge on any atom is 0.236 e. The Morgan fingerprint density at radius 2 is 2.00 bits per heavy atom. The molecule has 4 heteroatoms. The Kier molecular flexibility index (Phi) is 4.14. The molecule has 78 valence electrons. The van der Waals surface area contributed by atoms with E-state index in [0.29, 0.717) is 0 Å². The van der Waals surface area contributed by atoms with Crippen molar-refractivity contribution in [2.45, 2.75) is 39.5 Å². The highest BCUT2D eigenvalue weighted by atomic mass is 35.5. The van der Waals surface area contributed by atoms with Crippen molar-refractivity contribution in [2.24, 2.45) is 5.10 Å². The molecule has 1 aliphatic carbocycles. The van der Waals surface area contributed by atoms with Gasteiger partial charge in [0, 0.05) is 12.0 Å². The summed E-state index contributed by atoms with van der Waals surface area (Å²) in [6.07, 6.45) is 4.14. The first-order chi connectivity index (χ1) is 6.61. The lowest BCUT2D eigenvalue weighted by Crippen LogP contribution is -2.19. The fourth-order valence-electron chi connectivity index (χ4n) is 1.53. The van der Waals surface area contributed by atoms with Gasteiger partial charge < -0.3 is 0 Å². The summed E-state index contributed by atoms with van der Waals surface area (Å²) in [5.41, 5.74) is 4.48. The van der Waals surface area contributed by atoms with E-state index in [0.717, 1.165) is 42.0 Å². The minimum Gasteiger partial charge on any atom is -0.274 e. The number of hydrazone groups is 1. The van der Waals surface area contributed by atoms with Gasteiger partial charge >= 0.3 is 0 Å². The molecule has 0 unspecified atom stereocenters. The molecule has 1 amide bonds. The minimum atomic E-state index is -0.144. The van der Waals surface area contributed by atoms with Gasteiger partial charge in [0.2, 0.25) is 5.91 Å². The lowest BCUT2D eigenvalue weighted by atomic mass is 9.93. The second kappa shape index (κ2) is 5.15. The van der Waals surface area contributed by atoms with E-state index < -0.39 is 0 Å². The molecule has 1 rings (SSSR count). The van der Waals surface area contributed by atoms with Crippen molar-refractivity contribution in [1.82, 2.24) is 5.43 Å². The van der Waals surface area contributed by atoms with Gasteiger partial charge in [-0.2, -0.15) is 5.10 Å². The molecule has 0 aliphatic heterocycles. The van der Waals surface area contributed by atoms with Crippen LogP contribution in [-0.2, 0) is 4.79 Å². The monoisotopic (exact) mass is 214 g/mol. The lowest BCUT2D eigenvalue weighted by molar-refractivity contribution is -0.118. The van der Waals surface area contributed by atoms with E-state index >= 15 is 0 Å². The molecule has 0 bridgehead atoms. The van der Waals surface area contributed by atoms with Gasteiger partial charge in [-0.15, -0.1) is 0 Å². The number of hydrogen-bond donors (Lipinski definition) is 1. The van der Waals surface area contributed by atoms with Crippen molar-refractivity contribution in [2.75, 3.05) is 0 Å². The Labute approximate surface area is 89.2 Å². The van der Waals surface area contributed by atoms with E-state index in [1.807, 2.05) is 6.92 Å². The molecule has 1 aliphatic rings. The van der Waals surface area contributed by atoms with E-state index in [1.54, 1.807) is 0 Å². The second-order valence-corrected chi connectivity index (χ2v) is 4.01. The van der Waals surface area contributed by atoms with Crippen LogP contribution in [0.5, 0.6) is 0 Å². The van der Waals surface area contributed by atoms with Crippen LogP contribution in [0.15, 0.2) is 15.7 Å². The molecule has 0 heterocycles. The van der Waals surface area contributed by atoms with E-state index in [4.69, 9.17) is 11.6 Å². The first-order valence-electron chi connectivity index (χ1n) is 4.80. The Morgan fingerprint density at radius 1 is 1.36 bits per heavy atom. The lowest BCUT2D eigenvalue weighted by Gasteiger charge is -2.17. The van der Waals surface area contributed by atoms with Crippen molar-refractivity contribution >= 4 is 23.2 Å². The Morgan fingerprint density at radius 3 is 2.57 bits per heavy atom. The molecule has 1 saturated carbocycles. The first kappa shape index (κ1) is 11.2. The fraction of sp³-hybridized carbons (Fsp3) is 0.600. The third kappa shape index (κ3) is 3.14. The molecule has 0 saturated heterocycles. The quantitative estimate of drug-likeness (QED) is 0.670. The molecule has 0 aromatic rings. The number of allylic oxidation sites excluding steroid dienone is 2. The largest absolute Gasteiger partial charge is 0.274 e. The summed E-state index contributed by atoms with van der Waals surface area (Å²) in [5.74, 6) is -0.144. The number of hydrogen-bond acceptors (Lipinski definition) is 2. The summed E-state index contributed by atoms with van der Waals surface area (Å²) < 4.78 is 0. The maximum atomic E-state index is 10.7. The summed E-state index contributed by atoms with van der Waals surface area (Å²) in [6, 6.07) is 0. The molecule has 0 aromatic carbocycles. The van der Waals surface area contributed by atoms with Gasteiger partial charge in [-0.1, -0.05) is 11.6 Å². The van der Waals surface area contributed by atoms with Crippen LogP contribution in [0.2, 0.25) is 0 Å².